The van der Waals surface area contributed by atoms with Gasteiger partial charge in [0.25, 0.3) is 0 Å². The second-order valence-electron chi connectivity index (χ2n) is 8.29. The summed E-state index contributed by atoms with van der Waals surface area (Å²) in [7, 11) is 0. The van der Waals surface area contributed by atoms with Gasteiger partial charge in [-0.1, -0.05) is 97.1 Å². The number of hydrogen-bond donors (Lipinski definition) is 0. The Kier molecular flexibility index (Phi) is 7.09. The van der Waals surface area contributed by atoms with Crippen LogP contribution in [0.3, 0.4) is 0 Å². The maximum absolute atomic E-state index is 3.79. The number of benzene rings is 2. The normalized spacial score (nSPS) is 14.3. The van der Waals surface area contributed by atoms with Crippen LogP contribution < -0.4 is 0 Å². The SMILES string of the molecule is C=C/C=C/CCCC1(CCC/C=C/C=C)c2cc(C)ccc2-c2ccc(C)cc21. The fourth-order valence-corrected chi connectivity index (χ4v) is 4.81. The fourth-order valence-electron chi connectivity index (χ4n) is 4.81. The van der Waals surface area contributed by atoms with Crippen LogP contribution in [0.25, 0.3) is 11.1 Å². The molecule has 0 saturated heterocycles. The monoisotopic (exact) mass is 382 g/mol. The van der Waals surface area contributed by atoms with Crippen molar-refractivity contribution in [2.24, 2.45) is 0 Å². The Morgan fingerprint density at radius 2 is 1.17 bits per heavy atom. The topological polar surface area (TPSA) is 0 Å². The quantitative estimate of drug-likeness (QED) is 0.286. The van der Waals surface area contributed by atoms with Crippen molar-refractivity contribution in [1.82, 2.24) is 0 Å². The molecule has 0 amide bonds. The van der Waals surface area contributed by atoms with Gasteiger partial charge in [-0.15, -0.1) is 0 Å². The molecule has 2 aromatic carbocycles. The van der Waals surface area contributed by atoms with Crippen molar-refractivity contribution in [1.29, 1.82) is 0 Å². The Labute approximate surface area is 177 Å². The average molecular weight is 383 g/mol. The molecule has 29 heavy (non-hydrogen) atoms. The molecular formula is C29H34. The Hall–Kier alpha value is -2.60. The highest BCUT2D eigenvalue weighted by Crippen LogP contribution is 2.54. The molecule has 1 aliphatic rings. The molecule has 2 aromatic rings. The van der Waals surface area contributed by atoms with E-state index in [0.717, 1.165) is 12.8 Å². The van der Waals surface area contributed by atoms with E-state index < -0.39 is 0 Å². The lowest BCUT2D eigenvalue weighted by Crippen LogP contribution is -2.25. The minimum absolute atomic E-state index is 0.118. The van der Waals surface area contributed by atoms with Crippen LogP contribution in [0.15, 0.2) is 86.0 Å². The van der Waals surface area contributed by atoms with Gasteiger partial charge in [0, 0.05) is 5.41 Å². The van der Waals surface area contributed by atoms with Crippen molar-refractivity contribution in [3.05, 3.63) is 108 Å². The molecule has 0 heteroatoms. The van der Waals surface area contributed by atoms with Crippen molar-refractivity contribution in [2.75, 3.05) is 0 Å². The minimum Gasteiger partial charge on any atom is -0.0991 e. The number of unbranched alkanes of at least 4 members (excludes halogenated alkanes) is 2. The Balaban J connectivity index is 2.02. The molecule has 0 unspecified atom stereocenters. The lowest BCUT2D eigenvalue weighted by Gasteiger charge is -2.33. The first-order valence-electron chi connectivity index (χ1n) is 10.9. The predicted molar refractivity (Wildman–Crippen MR) is 129 cm³/mol. The van der Waals surface area contributed by atoms with E-state index in [4.69, 9.17) is 0 Å². The highest BCUT2D eigenvalue weighted by Gasteiger charge is 2.42. The molecule has 0 aliphatic heterocycles. The van der Waals surface area contributed by atoms with Crippen molar-refractivity contribution >= 4 is 0 Å². The number of allylic oxidation sites excluding steroid dienone is 6. The highest BCUT2D eigenvalue weighted by atomic mass is 14.4. The van der Waals surface area contributed by atoms with E-state index in [2.05, 4.69) is 87.7 Å². The summed E-state index contributed by atoms with van der Waals surface area (Å²) in [6.07, 6.45) is 19.3. The summed E-state index contributed by atoms with van der Waals surface area (Å²) < 4.78 is 0. The second kappa shape index (κ2) is 9.74. The molecule has 3 rings (SSSR count). The van der Waals surface area contributed by atoms with Crippen LogP contribution in [0.5, 0.6) is 0 Å². The first-order chi connectivity index (χ1) is 14.1. The van der Waals surface area contributed by atoms with Gasteiger partial charge in [-0.05, 0) is 74.6 Å². The number of rotatable bonds is 10. The maximum atomic E-state index is 3.79. The fraction of sp³-hybridized carbons (Fsp3) is 0.310. The first kappa shape index (κ1) is 21.1. The van der Waals surface area contributed by atoms with E-state index in [1.165, 1.54) is 47.9 Å². The predicted octanol–water partition coefficient (Wildman–Crippen LogP) is 8.39. The smallest absolute Gasteiger partial charge is 0.0215 e. The first-order valence-corrected chi connectivity index (χ1v) is 10.9. The molecule has 0 heterocycles. The Morgan fingerprint density at radius 1 is 0.724 bits per heavy atom. The molecule has 0 aromatic heterocycles. The maximum Gasteiger partial charge on any atom is 0.0215 e. The molecule has 0 nitrogen and oxygen atoms in total. The van der Waals surface area contributed by atoms with Crippen LogP contribution in [0.1, 0.15) is 60.8 Å². The van der Waals surface area contributed by atoms with E-state index in [0.29, 0.717) is 0 Å². The molecule has 0 radical (unpaired) electrons. The number of fused-ring (bicyclic) bond motifs is 3. The summed E-state index contributed by atoms with van der Waals surface area (Å²) in [5, 5.41) is 0. The molecule has 0 fully saturated rings. The lowest BCUT2D eigenvalue weighted by molar-refractivity contribution is 0.421. The molecule has 0 bridgehead atoms. The van der Waals surface area contributed by atoms with Crippen LogP contribution in [0.4, 0.5) is 0 Å². The van der Waals surface area contributed by atoms with Gasteiger partial charge < -0.3 is 0 Å². The summed E-state index contributed by atoms with van der Waals surface area (Å²) in [5.74, 6) is 0. The van der Waals surface area contributed by atoms with Gasteiger partial charge in [0.15, 0.2) is 0 Å². The van der Waals surface area contributed by atoms with Gasteiger partial charge in [0.1, 0.15) is 0 Å². The third-order valence-electron chi connectivity index (χ3n) is 6.16. The zero-order valence-corrected chi connectivity index (χ0v) is 18.1. The summed E-state index contributed by atoms with van der Waals surface area (Å²) in [6.45, 7) is 12.0. The molecule has 1 aliphatic carbocycles. The van der Waals surface area contributed by atoms with Gasteiger partial charge in [-0.25, -0.2) is 0 Å². The van der Waals surface area contributed by atoms with E-state index in [9.17, 15) is 0 Å². The van der Waals surface area contributed by atoms with Crippen LogP contribution in [0, 0.1) is 13.8 Å². The lowest BCUT2D eigenvalue weighted by atomic mass is 9.70. The standard InChI is InChI=1S/C29H34/c1-5-7-9-11-13-19-29(20-14-12-10-8-6-2)27-21-23(3)15-17-25(27)26-18-16-24(4)22-28(26)29/h5-10,15-18,21-22H,1-2,11-14,19-20H2,3-4H3/b9-7+,10-8+. The summed E-state index contributed by atoms with van der Waals surface area (Å²) in [6, 6.07) is 14.1. The third kappa shape index (κ3) is 4.53. The number of hydrogen-bond acceptors (Lipinski definition) is 0. The molecule has 0 spiro atoms. The summed E-state index contributed by atoms with van der Waals surface area (Å²) in [5.41, 5.74) is 8.79. The molecular weight excluding hydrogens is 348 g/mol. The van der Waals surface area contributed by atoms with Gasteiger partial charge in [0.05, 0.1) is 0 Å². The van der Waals surface area contributed by atoms with Gasteiger partial charge >= 0.3 is 0 Å². The van der Waals surface area contributed by atoms with Crippen LogP contribution >= 0.6 is 0 Å². The zero-order valence-electron chi connectivity index (χ0n) is 18.1. The van der Waals surface area contributed by atoms with Crippen LogP contribution in [0.2, 0.25) is 0 Å². The molecule has 0 saturated carbocycles. The summed E-state index contributed by atoms with van der Waals surface area (Å²) in [4.78, 5) is 0. The van der Waals surface area contributed by atoms with E-state index in [1.54, 1.807) is 11.1 Å². The molecule has 0 N–H and O–H groups in total. The second-order valence-corrected chi connectivity index (χ2v) is 8.29. The van der Waals surface area contributed by atoms with Crippen molar-refractivity contribution in [2.45, 2.75) is 57.8 Å². The van der Waals surface area contributed by atoms with Gasteiger partial charge in [-0.3, -0.25) is 0 Å². The molecule has 150 valence electrons. The molecule has 0 atom stereocenters. The minimum atomic E-state index is 0.118. The highest BCUT2D eigenvalue weighted by molar-refractivity contribution is 5.81. The van der Waals surface area contributed by atoms with Gasteiger partial charge in [0.2, 0.25) is 0 Å². The van der Waals surface area contributed by atoms with Crippen molar-refractivity contribution in [3.63, 3.8) is 0 Å². The van der Waals surface area contributed by atoms with Crippen LogP contribution in [-0.4, -0.2) is 0 Å². The van der Waals surface area contributed by atoms with Crippen LogP contribution in [-0.2, 0) is 5.41 Å². The summed E-state index contributed by atoms with van der Waals surface area (Å²) >= 11 is 0. The Morgan fingerprint density at radius 3 is 1.59 bits per heavy atom. The average Bonchev–Trinajstić information content (AvgIpc) is 2.96. The van der Waals surface area contributed by atoms with Gasteiger partial charge in [-0.2, -0.15) is 0 Å². The van der Waals surface area contributed by atoms with E-state index in [1.807, 2.05) is 12.2 Å². The largest absolute Gasteiger partial charge is 0.0991 e. The Bertz CT molecular complexity index is 846. The van der Waals surface area contributed by atoms with E-state index in [-0.39, 0.29) is 5.41 Å². The van der Waals surface area contributed by atoms with E-state index >= 15 is 0 Å². The van der Waals surface area contributed by atoms with Crippen molar-refractivity contribution < 1.29 is 0 Å². The third-order valence-corrected chi connectivity index (χ3v) is 6.16. The zero-order chi connectivity index (χ0) is 20.7. The number of aryl methyl sites for hydroxylation is 2. The van der Waals surface area contributed by atoms with Crippen molar-refractivity contribution in [3.8, 4) is 11.1 Å².